The van der Waals surface area contributed by atoms with Crippen molar-refractivity contribution in [1.82, 2.24) is 9.97 Å². The smallest absolute Gasteiger partial charge is 0.260 e. The normalized spacial score (nSPS) is 13.9. The van der Waals surface area contributed by atoms with E-state index in [0.717, 1.165) is 51.6 Å². The van der Waals surface area contributed by atoms with Gasteiger partial charge >= 0.3 is 0 Å². The summed E-state index contributed by atoms with van der Waals surface area (Å²) in [6, 6.07) is 11.9. The highest BCUT2D eigenvalue weighted by Crippen LogP contribution is 2.36. The van der Waals surface area contributed by atoms with Crippen LogP contribution in [-0.2, 0) is 12.8 Å². The Morgan fingerprint density at radius 3 is 2.73 bits per heavy atom. The van der Waals surface area contributed by atoms with Crippen molar-refractivity contribution in [2.45, 2.75) is 25.7 Å². The average molecular weight is 362 g/mol. The predicted molar refractivity (Wildman–Crippen MR) is 106 cm³/mol. The van der Waals surface area contributed by atoms with Crippen LogP contribution in [0.2, 0.25) is 0 Å². The molecule has 0 radical (unpaired) electrons. The summed E-state index contributed by atoms with van der Waals surface area (Å²) < 4.78 is 5.48. The van der Waals surface area contributed by atoms with E-state index >= 15 is 0 Å². The van der Waals surface area contributed by atoms with Crippen LogP contribution < -0.4 is 10.3 Å². The van der Waals surface area contributed by atoms with Gasteiger partial charge in [-0.25, -0.2) is 4.98 Å². The van der Waals surface area contributed by atoms with Crippen LogP contribution in [0, 0.1) is 0 Å². The number of hydrogen-bond acceptors (Lipinski definition) is 4. The molecule has 0 aliphatic heterocycles. The fourth-order valence-electron chi connectivity index (χ4n) is 3.95. The molecule has 5 rings (SSSR count). The average Bonchev–Trinajstić information content (AvgIpc) is 3.06. The molecule has 2 aromatic heterocycles. The first-order chi connectivity index (χ1) is 12.8. The third-order valence-electron chi connectivity index (χ3n) is 5.18. The van der Waals surface area contributed by atoms with Crippen LogP contribution in [0.1, 0.15) is 23.3 Å². The van der Waals surface area contributed by atoms with Gasteiger partial charge in [0.15, 0.2) is 0 Å². The highest BCUT2D eigenvalue weighted by molar-refractivity contribution is 7.18. The van der Waals surface area contributed by atoms with Gasteiger partial charge in [-0.3, -0.25) is 4.79 Å². The standard InChI is InChI=1S/C21H18N2O2S/c1-25-16-11-10-14(12-6-2-3-7-13(12)16)19-22-20(24)18-15-8-4-5-9-17(15)26-21(18)23-19/h2-3,6-7,10-11H,4-5,8-9H2,1H3,(H,22,23,24). The van der Waals surface area contributed by atoms with E-state index in [-0.39, 0.29) is 5.56 Å². The maximum absolute atomic E-state index is 12.9. The van der Waals surface area contributed by atoms with E-state index in [2.05, 4.69) is 4.98 Å². The predicted octanol–water partition coefficient (Wildman–Crippen LogP) is 4.69. The number of benzene rings is 2. The summed E-state index contributed by atoms with van der Waals surface area (Å²) in [7, 11) is 1.67. The van der Waals surface area contributed by atoms with Gasteiger partial charge < -0.3 is 9.72 Å². The molecule has 0 amide bonds. The summed E-state index contributed by atoms with van der Waals surface area (Å²) in [6.07, 6.45) is 4.42. The van der Waals surface area contributed by atoms with E-state index < -0.39 is 0 Å². The Kier molecular flexibility index (Phi) is 3.57. The first-order valence-corrected chi connectivity index (χ1v) is 9.68. The fourth-order valence-corrected chi connectivity index (χ4v) is 5.21. The van der Waals surface area contributed by atoms with E-state index in [0.29, 0.717) is 5.82 Å². The molecule has 0 spiro atoms. The second-order valence-corrected chi connectivity index (χ2v) is 7.75. The number of rotatable bonds is 2. The molecule has 26 heavy (non-hydrogen) atoms. The van der Waals surface area contributed by atoms with Crippen molar-refractivity contribution in [2.24, 2.45) is 0 Å². The second-order valence-electron chi connectivity index (χ2n) is 6.67. The Balaban J connectivity index is 1.78. The molecule has 0 saturated heterocycles. The number of aromatic amines is 1. The first-order valence-electron chi connectivity index (χ1n) is 8.87. The third-order valence-corrected chi connectivity index (χ3v) is 6.37. The Hall–Kier alpha value is -2.66. The van der Waals surface area contributed by atoms with Crippen LogP contribution in [-0.4, -0.2) is 17.1 Å². The number of nitrogens with one attached hydrogen (secondary N) is 1. The summed E-state index contributed by atoms with van der Waals surface area (Å²) in [5.41, 5.74) is 2.12. The summed E-state index contributed by atoms with van der Waals surface area (Å²) >= 11 is 1.68. The van der Waals surface area contributed by atoms with E-state index in [1.165, 1.54) is 16.9 Å². The number of hydrogen-bond donors (Lipinski definition) is 1. The monoisotopic (exact) mass is 362 g/mol. The van der Waals surface area contributed by atoms with Crippen LogP contribution in [0.4, 0.5) is 0 Å². The zero-order valence-corrected chi connectivity index (χ0v) is 15.3. The van der Waals surface area contributed by atoms with Crippen LogP contribution in [0.25, 0.3) is 32.4 Å². The summed E-state index contributed by atoms with van der Waals surface area (Å²) in [4.78, 5) is 22.9. The highest BCUT2D eigenvalue weighted by atomic mass is 32.1. The molecule has 1 aliphatic carbocycles. The number of methoxy groups -OCH3 is 1. The van der Waals surface area contributed by atoms with Gasteiger partial charge in [0.05, 0.1) is 12.5 Å². The third kappa shape index (κ3) is 2.27. The lowest BCUT2D eigenvalue weighted by molar-refractivity contribution is 0.420. The number of fused-ring (bicyclic) bond motifs is 4. The molecule has 0 fully saturated rings. The van der Waals surface area contributed by atoms with E-state index in [1.54, 1.807) is 18.4 Å². The quantitative estimate of drug-likeness (QED) is 0.563. The molecule has 5 heteroatoms. The van der Waals surface area contributed by atoms with Gasteiger partial charge in [-0.15, -0.1) is 11.3 Å². The molecule has 1 N–H and O–H groups in total. The van der Waals surface area contributed by atoms with Crippen LogP contribution in [0.5, 0.6) is 5.75 Å². The number of H-pyrrole nitrogens is 1. The highest BCUT2D eigenvalue weighted by Gasteiger charge is 2.20. The van der Waals surface area contributed by atoms with Crippen molar-refractivity contribution >= 4 is 32.3 Å². The van der Waals surface area contributed by atoms with Gasteiger partial charge in [-0.05, 0) is 48.8 Å². The Morgan fingerprint density at radius 2 is 1.88 bits per heavy atom. The maximum Gasteiger partial charge on any atom is 0.260 e. The minimum atomic E-state index is -0.0238. The van der Waals surface area contributed by atoms with Crippen LogP contribution >= 0.6 is 11.3 Å². The summed E-state index contributed by atoms with van der Waals surface area (Å²) in [6.45, 7) is 0. The van der Waals surface area contributed by atoms with E-state index in [4.69, 9.17) is 9.72 Å². The van der Waals surface area contributed by atoms with Crippen molar-refractivity contribution in [3.63, 3.8) is 0 Å². The lowest BCUT2D eigenvalue weighted by atomic mass is 9.97. The molecule has 2 heterocycles. The van der Waals surface area contributed by atoms with E-state index in [1.807, 2.05) is 36.4 Å². The van der Waals surface area contributed by atoms with Crippen molar-refractivity contribution < 1.29 is 4.74 Å². The Labute approximate surface area is 154 Å². The molecule has 0 saturated carbocycles. The largest absolute Gasteiger partial charge is 0.496 e. The van der Waals surface area contributed by atoms with Gasteiger partial charge in [0.1, 0.15) is 16.4 Å². The maximum atomic E-state index is 12.9. The summed E-state index contributed by atoms with van der Waals surface area (Å²) in [5, 5.41) is 2.84. The zero-order valence-electron chi connectivity index (χ0n) is 14.5. The fraction of sp³-hybridized carbons (Fsp3) is 0.238. The van der Waals surface area contributed by atoms with Gasteiger partial charge in [0, 0.05) is 15.8 Å². The topological polar surface area (TPSA) is 55.0 Å². The Morgan fingerprint density at radius 1 is 1.08 bits per heavy atom. The number of aromatic nitrogens is 2. The molecule has 130 valence electrons. The lowest BCUT2D eigenvalue weighted by Crippen LogP contribution is -2.11. The van der Waals surface area contributed by atoms with Crippen LogP contribution in [0.15, 0.2) is 41.2 Å². The molecule has 2 aromatic carbocycles. The SMILES string of the molecule is COc1ccc(-c2nc3sc4c(c3c(=O)[nH]2)CCCC4)c2ccccc12. The van der Waals surface area contributed by atoms with Gasteiger partial charge in [0.2, 0.25) is 0 Å². The van der Waals surface area contributed by atoms with Gasteiger partial charge in [-0.1, -0.05) is 24.3 Å². The molecular weight excluding hydrogens is 344 g/mol. The van der Waals surface area contributed by atoms with Crippen LogP contribution in [0.3, 0.4) is 0 Å². The van der Waals surface area contributed by atoms with E-state index in [9.17, 15) is 4.79 Å². The molecule has 0 atom stereocenters. The number of aryl methyl sites for hydroxylation is 2. The Bertz CT molecular complexity index is 1210. The molecule has 0 unspecified atom stereocenters. The van der Waals surface area contributed by atoms with Crippen molar-refractivity contribution in [3.8, 4) is 17.1 Å². The van der Waals surface area contributed by atoms with Crippen molar-refractivity contribution in [3.05, 3.63) is 57.2 Å². The minimum Gasteiger partial charge on any atom is -0.496 e. The van der Waals surface area contributed by atoms with Gasteiger partial charge in [-0.2, -0.15) is 0 Å². The number of nitrogens with zero attached hydrogens (tertiary/aromatic N) is 1. The lowest BCUT2D eigenvalue weighted by Gasteiger charge is -2.11. The second kappa shape index (κ2) is 5.95. The van der Waals surface area contributed by atoms with Gasteiger partial charge in [0.25, 0.3) is 5.56 Å². The van der Waals surface area contributed by atoms with Crippen molar-refractivity contribution in [1.29, 1.82) is 0 Å². The first kappa shape index (κ1) is 15.6. The molecule has 4 aromatic rings. The summed E-state index contributed by atoms with van der Waals surface area (Å²) in [5.74, 6) is 1.44. The number of ether oxygens (including phenoxy) is 1. The molecule has 0 bridgehead atoms. The zero-order chi connectivity index (χ0) is 17.7. The molecule has 1 aliphatic rings. The molecular formula is C21H18N2O2S. The number of thiophene rings is 1. The minimum absolute atomic E-state index is 0.0238. The molecule has 4 nitrogen and oxygen atoms in total. The van der Waals surface area contributed by atoms with Crippen molar-refractivity contribution in [2.75, 3.05) is 7.11 Å².